The monoisotopic (exact) mass is 378 g/mol. The number of hydrogen-bond acceptors (Lipinski definition) is 4. The van der Waals surface area contributed by atoms with Gasteiger partial charge < -0.3 is 9.47 Å². The normalized spacial score (nSPS) is 31.8. The molecule has 4 heteroatoms. The van der Waals surface area contributed by atoms with Crippen LogP contribution in [0.25, 0.3) is 0 Å². The molecular formula is C23H22O3S. The van der Waals surface area contributed by atoms with E-state index >= 15 is 0 Å². The summed E-state index contributed by atoms with van der Waals surface area (Å²) in [5, 5.41) is 0. The van der Waals surface area contributed by atoms with E-state index in [-0.39, 0.29) is 23.7 Å². The van der Waals surface area contributed by atoms with E-state index in [0.717, 1.165) is 4.90 Å². The Morgan fingerprint density at radius 2 is 1.85 bits per heavy atom. The molecule has 4 atom stereocenters. The summed E-state index contributed by atoms with van der Waals surface area (Å²) in [4.78, 5) is 13.0. The molecule has 0 aromatic heterocycles. The maximum absolute atomic E-state index is 12.5. The summed E-state index contributed by atoms with van der Waals surface area (Å²) in [6.07, 6.45) is 2.77. The zero-order valence-corrected chi connectivity index (χ0v) is 16.1. The van der Waals surface area contributed by atoms with Crippen molar-refractivity contribution in [3.63, 3.8) is 0 Å². The van der Waals surface area contributed by atoms with Crippen molar-refractivity contribution in [2.45, 2.75) is 29.1 Å². The molecule has 2 saturated heterocycles. The lowest BCUT2D eigenvalue weighted by molar-refractivity contribution is -0.144. The van der Waals surface area contributed by atoms with Gasteiger partial charge in [0.05, 0.1) is 25.6 Å². The summed E-state index contributed by atoms with van der Waals surface area (Å²) >= 11 is 1.70. The minimum Gasteiger partial charge on any atom is -0.446 e. The third kappa shape index (κ3) is 2.82. The Bertz CT molecular complexity index is 890. The molecule has 2 aliphatic heterocycles. The predicted octanol–water partition coefficient (Wildman–Crippen LogP) is 4.72. The van der Waals surface area contributed by atoms with Crippen LogP contribution < -0.4 is 0 Å². The SMILES string of the molecule is Cc1ccc(S[C@@]23OC(=O)C[C@@H]2[C@H]2COCC2=C[C@H]3c2ccccc2)cc1. The Hall–Kier alpha value is -2.04. The molecule has 0 bridgehead atoms. The molecule has 0 N–H and O–H groups in total. The van der Waals surface area contributed by atoms with Crippen molar-refractivity contribution in [1.29, 1.82) is 0 Å². The van der Waals surface area contributed by atoms with Crippen LogP contribution in [-0.2, 0) is 14.3 Å². The molecule has 138 valence electrons. The quantitative estimate of drug-likeness (QED) is 0.572. The smallest absolute Gasteiger partial charge is 0.307 e. The van der Waals surface area contributed by atoms with Crippen LogP contribution in [0.3, 0.4) is 0 Å². The number of rotatable bonds is 3. The molecule has 27 heavy (non-hydrogen) atoms. The number of carbonyl (C=O) groups is 1. The Morgan fingerprint density at radius 3 is 2.63 bits per heavy atom. The molecular weight excluding hydrogens is 356 g/mol. The molecule has 0 saturated carbocycles. The fraction of sp³-hybridized carbons (Fsp3) is 0.348. The minimum atomic E-state index is -0.616. The van der Waals surface area contributed by atoms with Crippen LogP contribution >= 0.6 is 11.8 Å². The largest absolute Gasteiger partial charge is 0.446 e. The summed E-state index contributed by atoms with van der Waals surface area (Å²) in [5.41, 5.74) is 3.74. The van der Waals surface area contributed by atoms with Gasteiger partial charge in [-0.15, -0.1) is 0 Å². The van der Waals surface area contributed by atoms with Gasteiger partial charge in [0.15, 0.2) is 4.93 Å². The summed E-state index contributed by atoms with van der Waals surface area (Å²) in [5.74, 6) is 0.329. The first-order valence-corrected chi connectivity index (χ1v) is 10.3. The van der Waals surface area contributed by atoms with Gasteiger partial charge in [0, 0.05) is 16.7 Å². The molecule has 0 unspecified atom stereocenters. The number of ether oxygens (including phenoxy) is 2. The van der Waals surface area contributed by atoms with Gasteiger partial charge in [0.1, 0.15) is 0 Å². The summed E-state index contributed by atoms with van der Waals surface area (Å²) in [6, 6.07) is 18.9. The van der Waals surface area contributed by atoms with Crippen LogP contribution in [0.1, 0.15) is 23.5 Å². The summed E-state index contributed by atoms with van der Waals surface area (Å²) in [6.45, 7) is 3.44. The van der Waals surface area contributed by atoms with Crippen LogP contribution in [0.15, 0.2) is 71.1 Å². The van der Waals surface area contributed by atoms with Gasteiger partial charge in [-0.1, -0.05) is 65.9 Å². The van der Waals surface area contributed by atoms with E-state index in [9.17, 15) is 4.79 Å². The number of carbonyl (C=O) groups excluding carboxylic acids is 1. The predicted molar refractivity (Wildman–Crippen MR) is 106 cm³/mol. The maximum atomic E-state index is 12.5. The van der Waals surface area contributed by atoms with Crippen molar-refractivity contribution in [1.82, 2.24) is 0 Å². The number of hydrogen-bond donors (Lipinski definition) is 0. The van der Waals surface area contributed by atoms with Gasteiger partial charge in [-0.3, -0.25) is 4.79 Å². The van der Waals surface area contributed by atoms with Gasteiger partial charge in [-0.25, -0.2) is 0 Å². The molecule has 0 amide bonds. The fourth-order valence-electron chi connectivity index (χ4n) is 4.67. The third-order valence-electron chi connectivity index (χ3n) is 5.98. The second kappa shape index (κ2) is 6.54. The highest BCUT2D eigenvalue weighted by Crippen LogP contribution is 2.61. The maximum Gasteiger partial charge on any atom is 0.307 e. The van der Waals surface area contributed by atoms with E-state index in [1.807, 2.05) is 6.07 Å². The van der Waals surface area contributed by atoms with Crippen molar-refractivity contribution < 1.29 is 14.3 Å². The van der Waals surface area contributed by atoms with Crippen LogP contribution in [-0.4, -0.2) is 24.1 Å². The average molecular weight is 378 g/mol. The first kappa shape index (κ1) is 17.1. The molecule has 5 rings (SSSR count). The van der Waals surface area contributed by atoms with Crippen molar-refractivity contribution >= 4 is 17.7 Å². The molecule has 1 aliphatic carbocycles. The van der Waals surface area contributed by atoms with E-state index in [1.165, 1.54) is 16.7 Å². The number of fused-ring (bicyclic) bond motifs is 3. The van der Waals surface area contributed by atoms with E-state index in [2.05, 4.69) is 61.5 Å². The summed E-state index contributed by atoms with van der Waals surface area (Å²) < 4.78 is 12.0. The van der Waals surface area contributed by atoms with Gasteiger partial charge in [-0.2, -0.15) is 0 Å². The highest BCUT2D eigenvalue weighted by Gasteiger charge is 2.61. The highest BCUT2D eigenvalue weighted by atomic mass is 32.2. The van der Waals surface area contributed by atoms with Crippen molar-refractivity contribution in [2.24, 2.45) is 11.8 Å². The molecule has 2 aromatic rings. The second-order valence-corrected chi connectivity index (χ2v) is 8.99. The van der Waals surface area contributed by atoms with Crippen molar-refractivity contribution in [3.05, 3.63) is 77.4 Å². The Balaban J connectivity index is 1.64. The van der Waals surface area contributed by atoms with E-state index in [4.69, 9.17) is 9.47 Å². The fourth-order valence-corrected chi connectivity index (χ4v) is 6.17. The van der Waals surface area contributed by atoms with Crippen molar-refractivity contribution in [3.8, 4) is 0 Å². The zero-order valence-electron chi connectivity index (χ0n) is 15.3. The van der Waals surface area contributed by atoms with Crippen LogP contribution in [0, 0.1) is 18.8 Å². The van der Waals surface area contributed by atoms with Crippen LogP contribution in [0.5, 0.6) is 0 Å². The number of aryl methyl sites for hydroxylation is 1. The lowest BCUT2D eigenvalue weighted by Crippen LogP contribution is -2.45. The first-order chi connectivity index (χ1) is 13.2. The number of thioether (sulfide) groups is 1. The Morgan fingerprint density at radius 1 is 1.07 bits per heavy atom. The highest BCUT2D eigenvalue weighted by molar-refractivity contribution is 8.00. The number of esters is 1. The first-order valence-electron chi connectivity index (χ1n) is 9.46. The molecule has 2 aromatic carbocycles. The average Bonchev–Trinajstić information content (AvgIpc) is 3.27. The van der Waals surface area contributed by atoms with E-state index in [0.29, 0.717) is 19.6 Å². The molecule has 2 fully saturated rings. The Kier molecular flexibility index (Phi) is 4.14. The Labute approximate surface area is 163 Å². The molecule has 0 spiro atoms. The number of benzene rings is 2. The summed E-state index contributed by atoms with van der Waals surface area (Å²) in [7, 11) is 0. The van der Waals surface area contributed by atoms with Gasteiger partial charge in [-0.05, 0) is 30.2 Å². The third-order valence-corrected chi connectivity index (χ3v) is 7.44. The minimum absolute atomic E-state index is 0.0226. The standard InChI is InChI=1S/C23H22O3S/c1-15-7-9-18(10-8-15)27-23-20(16-5-3-2-4-6-16)11-17-13-25-14-19(17)21(23)12-22(24)26-23/h2-11,19-21H,12-14H2,1H3/t19-,20-,21+,23+/m0/s1. The lowest BCUT2D eigenvalue weighted by atomic mass is 9.71. The van der Waals surface area contributed by atoms with Gasteiger partial charge in [0.2, 0.25) is 0 Å². The van der Waals surface area contributed by atoms with E-state index in [1.54, 1.807) is 11.8 Å². The second-order valence-electron chi connectivity index (χ2n) is 7.67. The van der Waals surface area contributed by atoms with E-state index < -0.39 is 4.93 Å². The van der Waals surface area contributed by atoms with Gasteiger partial charge >= 0.3 is 5.97 Å². The zero-order chi connectivity index (χ0) is 18.4. The molecule has 3 aliphatic rings. The molecule has 3 nitrogen and oxygen atoms in total. The van der Waals surface area contributed by atoms with Crippen LogP contribution in [0.2, 0.25) is 0 Å². The van der Waals surface area contributed by atoms with Crippen LogP contribution in [0.4, 0.5) is 0 Å². The lowest BCUT2D eigenvalue weighted by Gasteiger charge is -2.44. The topological polar surface area (TPSA) is 35.5 Å². The molecule has 2 heterocycles. The van der Waals surface area contributed by atoms with Crippen molar-refractivity contribution in [2.75, 3.05) is 13.2 Å². The van der Waals surface area contributed by atoms with Gasteiger partial charge in [0.25, 0.3) is 0 Å². The molecule has 0 radical (unpaired) electrons.